The number of benzene rings is 1. The van der Waals surface area contributed by atoms with E-state index in [4.69, 9.17) is 4.74 Å². The molecule has 1 N–H and O–H groups in total. The van der Waals surface area contributed by atoms with Crippen LogP contribution in [0.5, 0.6) is 0 Å². The van der Waals surface area contributed by atoms with Crippen LogP contribution in [0.15, 0.2) is 30.3 Å². The smallest absolute Gasteiger partial charge is 0.410 e. The summed E-state index contributed by atoms with van der Waals surface area (Å²) < 4.78 is 5.34. The quantitative estimate of drug-likeness (QED) is 0.929. The number of carbonyl (C=O) groups excluding carboxylic acids is 1. The van der Waals surface area contributed by atoms with Gasteiger partial charge in [-0.05, 0) is 24.8 Å². The minimum Gasteiger partial charge on any atom is -0.481 e. The van der Waals surface area contributed by atoms with Crippen molar-refractivity contribution in [1.82, 2.24) is 4.90 Å². The Balaban J connectivity index is 1.65. The van der Waals surface area contributed by atoms with E-state index in [0.29, 0.717) is 19.4 Å². The Hall–Kier alpha value is -2.04. The number of carboxylic acid groups (broad SMARTS) is 1. The maximum Gasteiger partial charge on any atom is 0.410 e. The van der Waals surface area contributed by atoms with Crippen LogP contribution in [0, 0.1) is 5.41 Å². The second-order valence-corrected chi connectivity index (χ2v) is 5.85. The Labute approximate surface area is 123 Å². The molecule has 0 aromatic heterocycles. The normalized spacial score (nSPS) is 27.4. The largest absolute Gasteiger partial charge is 0.481 e. The lowest BCUT2D eigenvalue weighted by atomic mass is 9.82. The molecule has 0 spiro atoms. The lowest BCUT2D eigenvalue weighted by Gasteiger charge is -2.28. The Morgan fingerprint density at radius 2 is 2.05 bits per heavy atom. The molecule has 0 bridgehead atoms. The molecule has 1 heterocycles. The predicted octanol–water partition coefficient (Wildman–Crippen LogP) is 2.65. The molecule has 1 saturated carbocycles. The highest BCUT2D eigenvalue weighted by atomic mass is 16.6. The molecule has 1 saturated heterocycles. The maximum absolute atomic E-state index is 12.2. The third-order valence-electron chi connectivity index (χ3n) is 4.78. The van der Waals surface area contributed by atoms with E-state index >= 15 is 0 Å². The SMILES string of the molecule is O=C(OCc1ccccc1)N1CC[C@@]2(C(=O)O)CCC[C@H]12. The van der Waals surface area contributed by atoms with Gasteiger partial charge >= 0.3 is 12.1 Å². The van der Waals surface area contributed by atoms with Gasteiger partial charge in [0.05, 0.1) is 11.5 Å². The Bertz CT molecular complexity index is 544. The third kappa shape index (κ3) is 2.37. The van der Waals surface area contributed by atoms with Crippen molar-refractivity contribution >= 4 is 12.1 Å². The minimum atomic E-state index is -0.775. The van der Waals surface area contributed by atoms with Crippen molar-refractivity contribution in [2.24, 2.45) is 5.41 Å². The van der Waals surface area contributed by atoms with Gasteiger partial charge in [-0.1, -0.05) is 36.8 Å². The number of aliphatic carboxylic acids is 1. The standard InChI is InChI=1S/C16H19NO4/c18-14(19)16-8-4-7-13(16)17(10-9-16)15(20)21-11-12-5-2-1-3-6-12/h1-3,5-6,13H,4,7-11H2,(H,18,19)/t13-,16-/m0/s1. The molecule has 0 unspecified atom stereocenters. The summed E-state index contributed by atoms with van der Waals surface area (Å²) in [5, 5.41) is 9.50. The second-order valence-electron chi connectivity index (χ2n) is 5.85. The average molecular weight is 289 g/mol. The van der Waals surface area contributed by atoms with E-state index in [9.17, 15) is 14.7 Å². The molecule has 5 heteroatoms. The van der Waals surface area contributed by atoms with E-state index in [1.54, 1.807) is 4.90 Å². The van der Waals surface area contributed by atoms with Crippen molar-refractivity contribution in [3.63, 3.8) is 0 Å². The number of amides is 1. The fraction of sp³-hybridized carbons (Fsp3) is 0.500. The lowest BCUT2D eigenvalue weighted by molar-refractivity contribution is -0.149. The predicted molar refractivity (Wildman–Crippen MR) is 75.7 cm³/mol. The van der Waals surface area contributed by atoms with Gasteiger partial charge in [0.25, 0.3) is 0 Å². The monoisotopic (exact) mass is 289 g/mol. The van der Waals surface area contributed by atoms with Gasteiger partial charge in [0.1, 0.15) is 6.61 Å². The summed E-state index contributed by atoms with van der Waals surface area (Å²) >= 11 is 0. The maximum atomic E-state index is 12.2. The molecular formula is C16H19NO4. The molecule has 1 aromatic rings. The number of hydrogen-bond donors (Lipinski definition) is 1. The number of hydrogen-bond acceptors (Lipinski definition) is 3. The highest BCUT2D eigenvalue weighted by molar-refractivity contribution is 5.79. The van der Waals surface area contributed by atoms with Crippen LogP contribution < -0.4 is 0 Å². The second kappa shape index (κ2) is 5.39. The summed E-state index contributed by atoms with van der Waals surface area (Å²) in [7, 11) is 0. The average Bonchev–Trinajstić information content (AvgIpc) is 3.05. The van der Waals surface area contributed by atoms with E-state index in [1.807, 2.05) is 30.3 Å². The van der Waals surface area contributed by atoms with Gasteiger partial charge in [-0.3, -0.25) is 4.79 Å². The Kier molecular flexibility index (Phi) is 3.57. The molecule has 1 aliphatic heterocycles. The van der Waals surface area contributed by atoms with Crippen LogP contribution in [0.4, 0.5) is 4.79 Å². The summed E-state index contributed by atoms with van der Waals surface area (Å²) in [5.74, 6) is -0.775. The number of ether oxygens (including phenoxy) is 1. The first-order valence-corrected chi connectivity index (χ1v) is 7.34. The summed E-state index contributed by atoms with van der Waals surface area (Å²) in [6, 6.07) is 9.28. The first kappa shape index (κ1) is 13.9. The first-order chi connectivity index (χ1) is 10.1. The Morgan fingerprint density at radius 1 is 1.29 bits per heavy atom. The molecule has 1 amide bonds. The summed E-state index contributed by atoms with van der Waals surface area (Å²) in [4.78, 5) is 25.4. The van der Waals surface area contributed by atoms with Gasteiger partial charge in [-0.25, -0.2) is 4.79 Å². The summed E-state index contributed by atoms with van der Waals surface area (Å²) in [5.41, 5.74) is 0.187. The van der Waals surface area contributed by atoms with Gasteiger partial charge in [0.2, 0.25) is 0 Å². The number of carboxylic acids is 1. The van der Waals surface area contributed by atoms with Crippen molar-refractivity contribution < 1.29 is 19.4 Å². The van der Waals surface area contributed by atoms with Crippen LogP contribution >= 0.6 is 0 Å². The molecule has 2 fully saturated rings. The molecule has 112 valence electrons. The van der Waals surface area contributed by atoms with Crippen LogP contribution in [0.1, 0.15) is 31.2 Å². The van der Waals surface area contributed by atoms with Crippen molar-refractivity contribution in [2.75, 3.05) is 6.54 Å². The molecule has 1 aromatic carbocycles. The van der Waals surface area contributed by atoms with E-state index < -0.39 is 17.5 Å². The number of carbonyl (C=O) groups is 2. The zero-order valence-electron chi connectivity index (χ0n) is 11.8. The molecule has 5 nitrogen and oxygen atoms in total. The van der Waals surface area contributed by atoms with E-state index in [2.05, 4.69) is 0 Å². The fourth-order valence-electron chi connectivity index (χ4n) is 3.65. The van der Waals surface area contributed by atoms with Crippen LogP contribution in [0.2, 0.25) is 0 Å². The van der Waals surface area contributed by atoms with Gasteiger partial charge in [-0.2, -0.15) is 0 Å². The molecule has 0 radical (unpaired) electrons. The topological polar surface area (TPSA) is 66.8 Å². The van der Waals surface area contributed by atoms with E-state index in [1.165, 1.54) is 0 Å². The van der Waals surface area contributed by atoms with Crippen LogP contribution in [-0.2, 0) is 16.1 Å². The summed E-state index contributed by atoms with van der Waals surface area (Å²) in [6.07, 6.45) is 2.42. The molecule has 1 aliphatic carbocycles. The van der Waals surface area contributed by atoms with Crippen molar-refractivity contribution in [2.45, 2.75) is 38.3 Å². The molecule has 3 rings (SSSR count). The number of fused-ring (bicyclic) bond motifs is 1. The van der Waals surface area contributed by atoms with Crippen LogP contribution in [-0.4, -0.2) is 34.7 Å². The van der Waals surface area contributed by atoms with Gasteiger partial charge in [0.15, 0.2) is 0 Å². The van der Waals surface area contributed by atoms with E-state index in [-0.39, 0.29) is 12.6 Å². The number of rotatable bonds is 3. The minimum absolute atomic E-state index is 0.210. The summed E-state index contributed by atoms with van der Waals surface area (Å²) in [6.45, 7) is 0.702. The third-order valence-corrected chi connectivity index (χ3v) is 4.78. The molecule has 21 heavy (non-hydrogen) atoms. The van der Waals surface area contributed by atoms with Crippen molar-refractivity contribution in [3.8, 4) is 0 Å². The lowest BCUT2D eigenvalue weighted by Crippen LogP contribution is -2.43. The van der Waals surface area contributed by atoms with Gasteiger partial charge < -0.3 is 14.7 Å². The number of likely N-dealkylation sites (tertiary alicyclic amines) is 1. The zero-order valence-corrected chi connectivity index (χ0v) is 11.8. The highest BCUT2D eigenvalue weighted by Crippen LogP contribution is 2.49. The molecule has 2 atom stereocenters. The van der Waals surface area contributed by atoms with Crippen molar-refractivity contribution in [1.29, 1.82) is 0 Å². The van der Waals surface area contributed by atoms with Crippen LogP contribution in [0.3, 0.4) is 0 Å². The first-order valence-electron chi connectivity index (χ1n) is 7.34. The highest BCUT2D eigenvalue weighted by Gasteiger charge is 2.57. The Morgan fingerprint density at radius 3 is 2.76 bits per heavy atom. The van der Waals surface area contributed by atoms with Gasteiger partial charge in [-0.15, -0.1) is 0 Å². The van der Waals surface area contributed by atoms with Crippen molar-refractivity contribution in [3.05, 3.63) is 35.9 Å². The zero-order chi connectivity index (χ0) is 14.9. The molecular weight excluding hydrogens is 270 g/mol. The van der Waals surface area contributed by atoms with Crippen LogP contribution in [0.25, 0.3) is 0 Å². The number of nitrogens with zero attached hydrogens (tertiary/aromatic N) is 1. The molecule has 2 aliphatic rings. The fourth-order valence-corrected chi connectivity index (χ4v) is 3.65. The van der Waals surface area contributed by atoms with E-state index in [0.717, 1.165) is 18.4 Å². The van der Waals surface area contributed by atoms with Gasteiger partial charge in [0, 0.05) is 6.54 Å².